The predicted octanol–water partition coefficient (Wildman–Crippen LogP) is 2.25. The summed E-state index contributed by atoms with van der Waals surface area (Å²) in [4.78, 5) is 6.57. The minimum absolute atomic E-state index is 0.736. The van der Waals surface area contributed by atoms with Crippen LogP contribution in [0.3, 0.4) is 0 Å². The van der Waals surface area contributed by atoms with E-state index in [0.717, 1.165) is 30.0 Å². The van der Waals surface area contributed by atoms with Crippen LogP contribution in [0.5, 0.6) is 0 Å². The van der Waals surface area contributed by atoms with Crippen LogP contribution >= 0.6 is 0 Å². The Morgan fingerprint density at radius 3 is 2.73 bits per heavy atom. The zero-order chi connectivity index (χ0) is 10.7. The van der Waals surface area contributed by atoms with Crippen molar-refractivity contribution >= 4 is 5.82 Å². The van der Waals surface area contributed by atoms with Gasteiger partial charge in [0.25, 0.3) is 0 Å². The van der Waals surface area contributed by atoms with Gasteiger partial charge in [-0.05, 0) is 37.8 Å². The molecule has 3 heteroatoms. The van der Waals surface area contributed by atoms with Gasteiger partial charge in [0.2, 0.25) is 0 Å². The van der Waals surface area contributed by atoms with Crippen molar-refractivity contribution in [1.82, 2.24) is 4.98 Å². The van der Waals surface area contributed by atoms with Crippen molar-refractivity contribution in [2.24, 2.45) is 0 Å². The lowest BCUT2D eigenvalue weighted by Gasteiger charge is -2.28. The van der Waals surface area contributed by atoms with Gasteiger partial charge < -0.3 is 4.90 Å². The number of rotatable bonds is 1. The molecular formula is C12H15N3. The summed E-state index contributed by atoms with van der Waals surface area (Å²) in [7, 11) is 0. The first kappa shape index (κ1) is 9.97. The van der Waals surface area contributed by atoms with Crippen LogP contribution in [0.2, 0.25) is 0 Å². The molecule has 1 aliphatic heterocycles. The third-order valence-corrected chi connectivity index (χ3v) is 2.91. The van der Waals surface area contributed by atoms with Gasteiger partial charge in [0.05, 0.1) is 5.56 Å². The average Bonchev–Trinajstić information content (AvgIpc) is 2.30. The van der Waals surface area contributed by atoms with E-state index in [1.54, 1.807) is 6.20 Å². The van der Waals surface area contributed by atoms with E-state index in [-0.39, 0.29) is 0 Å². The van der Waals surface area contributed by atoms with E-state index in [1.807, 2.05) is 13.0 Å². The number of aromatic nitrogens is 1. The van der Waals surface area contributed by atoms with Crippen molar-refractivity contribution in [3.05, 3.63) is 23.4 Å². The van der Waals surface area contributed by atoms with Crippen molar-refractivity contribution in [2.75, 3.05) is 18.0 Å². The maximum absolute atomic E-state index is 9.11. The second kappa shape index (κ2) is 4.31. The highest BCUT2D eigenvalue weighted by Crippen LogP contribution is 2.23. The summed E-state index contributed by atoms with van der Waals surface area (Å²) in [5.41, 5.74) is 1.76. The SMILES string of the molecule is Cc1ccnc(N2CCCCC2)c1C#N. The van der Waals surface area contributed by atoms with Crippen LogP contribution in [0.4, 0.5) is 5.82 Å². The lowest BCUT2D eigenvalue weighted by molar-refractivity contribution is 0.573. The Labute approximate surface area is 90.4 Å². The molecule has 2 rings (SSSR count). The molecule has 0 radical (unpaired) electrons. The smallest absolute Gasteiger partial charge is 0.146 e. The second-order valence-electron chi connectivity index (χ2n) is 3.99. The Morgan fingerprint density at radius 1 is 1.33 bits per heavy atom. The highest BCUT2D eigenvalue weighted by atomic mass is 15.2. The number of pyridine rings is 1. The molecule has 0 amide bonds. The van der Waals surface area contributed by atoms with Gasteiger partial charge in [0, 0.05) is 19.3 Å². The monoisotopic (exact) mass is 201 g/mol. The zero-order valence-electron chi connectivity index (χ0n) is 9.03. The number of hydrogen-bond acceptors (Lipinski definition) is 3. The molecule has 2 heterocycles. The molecule has 0 unspecified atom stereocenters. The van der Waals surface area contributed by atoms with E-state index in [4.69, 9.17) is 5.26 Å². The summed E-state index contributed by atoms with van der Waals surface area (Å²) in [6.07, 6.45) is 5.51. The number of hydrogen-bond donors (Lipinski definition) is 0. The molecule has 0 spiro atoms. The average molecular weight is 201 g/mol. The van der Waals surface area contributed by atoms with Crippen molar-refractivity contribution in [3.8, 4) is 6.07 Å². The molecule has 78 valence electrons. The minimum atomic E-state index is 0.736. The van der Waals surface area contributed by atoms with Crippen LogP contribution in [0.15, 0.2) is 12.3 Å². The molecule has 0 aliphatic carbocycles. The lowest BCUT2D eigenvalue weighted by Crippen LogP contribution is -2.31. The fourth-order valence-corrected chi connectivity index (χ4v) is 2.03. The number of anilines is 1. The van der Waals surface area contributed by atoms with Gasteiger partial charge in [-0.2, -0.15) is 5.26 Å². The van der Waals surface area contributed by atoms with Crippen LogP contribution in [-0.4, -0.2) is 18.1 Å². The quantitative estimate of drug-likeness (QED) is 0.699. The summed E-state index contributed by atoms with van der Waals surface area (Å²) in [6, 6.07) is 4.15. The summed E-state index contributed by atoms with van der Waals surface area (Å²) < 4.78 is 0. The Morgan fingerprint density at radius 2 is 2.07 bits per heavy atom. The summed E-state index contributed by atoms with van der Waals surface area (Å²) in [5, 5.41) is 9.11. The first-order valence-electron chi connectivity index (χ1n) is 5.43. The first-order chi connectivity index (χ1) is 7.33. The molecule has 1 aromatic rings. The topological polar surface area (TPSA) is 39.9 Å². The van der Waals surface area contributed by atoms with Gasteiger partial charge in [-0.1, -0.05) is 0 Å². The van der Waals surface area contributed by atoms with Gasteiger partial charge in [-0.15, -0.1) is 0 Å². The molecular weight excluding hydrogens is 186 g/mol. The van der Waals surface area contributed by atoms with E-state index in [0.29, 0.717) is 0 Å². The van der Waals surface area contributed by atoms with Crippen molar-refractivity contribution in [3.63, 3.8) is 0 Å². The largest absolute Gasteiger partial charge is 0.356 e. The van der Waals surface area contributed by atoms with E-state index >= 15 is 0 Å². The summed E-state index contributed by atoms with van der Waals surface area (Å²) in [6.45, 7) is 4.03. The minimum Gasteiger partial charge on any atom is -0.356 e. The van der Waals surface area contributed by atoms with E-state index in [9.17, 15) is 0 Å². The maximum Gasteiger partial charge on any atom is 0.146 e. The first-order valence-corrected chi connectivity index (χ1v) is 5.43. The number of nitrogens with zero attached hydrogens (tertiary/aromatic N) is 3. The zero-order valence-corrected chi connectivity index (χ0v) is 9.03. The molecule has 0 aromatic carbocycles. The fourth-order valence-electron chi connectivity index (χ4n) is 2.03. The Balaban J connectivity index is 2.34. The third-order valence-electron chi connectivity index (χ3n) is 2.91. The van der Waals surface area contributed by atoms with Crippen molar-refractivity contribution in [1.29, 1.82) is 5.26 Å². The molecule has 3 nitrogen and oxygen atoms in total. The molecule has 1 aliphatic rings. The van der Waals surface area contributed by atoms with Gasteiger partial charge >= 0.3 is 0 Å². The number of aryl methyl sites for hydroxylation is 1. The fraction of sp³-hybridized carbons (Fsp3) is 0.500. The van der Waals surface area contributed by atoms with Crippen molar-refractivity contribution < 1.29 is 0 Å². The molecule has 1 saturated heterocycles. The Kier molecular flexibility index (Phi) is 2.86. The molecule has 0 atom stereocenters. The van der Waals surface area contributed by atoms with Gasteiger partial charge in [-0.3, -0.25) is 0 Å². The van der Waals surface area contributed by atoms with Crippen LogP contribution in [0.1, 0.15) is 30.4 Å². The second-order valence-corrected chi connectivity index (χ2v) is 3.99. The van der Waals surface area contributed by atoms with Gasteiger partial charge in [-0.25, -0.2) is 4.98 Å². The predicted molar refractivity (Wildman–Crippen MR) is 59.8 cm³/mol. The molecule has 1 fully saturated rings. The molecule has 0 saturated carbocycles. The Hall–Kier alpha value is -1.56. The highest BCUT2D eigenvalue weighted by molar-refractivity contribution is 5.57. The van der Waals surface area contributed by atoms with Crippen LogP contribution in [0.25, 0.3) is 0 Å². The lowest BCUT2D eigenvalue weighted by atomic mass is 10.1. The standard InChI is InChI=1S/C12H15N3/c1-10-5-6-14-12(11(10)9-13)15-7-3-2-4-8-15/h5-6H,2-4,7-8H2,1H3. The van der Waals surface area contributed by atoms with Crippen molar-refractivity contribution in [2.45, 2.75) is 26.2 Å². The molecule has 0 N–H and O–H groups in total. The molecule has 0 bridgehead atoms. The van der Waals surface area contributed by atoms with E-state index in [1.165, 1.54) is 19.3 Å². The van der Waals surface area contributed by atoms with E-state index in [2.05, 4.69) is 16.0 Å². The third kappa shape index (κ3) is 1.94. The maximum atomic E-state index is 9.11. The molecule has 15 heavy (non-hydrogen) atoms. The Bertz CT molecular complexity index is 386. The van der Waals surface area contributed by atoms with Gasteiger partial charge in [0.15, 0.2) is 0 Å². The van der Waals surface area contributed by atoms with E-state index < -0.39 is 0 Å². The summed E-state index contributed by atoms with van der Waals surface area (Å²) in [5.74, 6) is 0.872. The number of nitriles is 1. The van der Waals surface area contributed by atoms with Crippen LogP contribution in [-0.2, 0) is 0 Å². The van der Waals surface area contributed by atoms with Crippen LogP contribution in [0, 0.1) is 18.3 Å². The van der Waals surface area contributed by atoms with Crippen LogP contribution < -0.4 is 4.90 Å². The summed E-state index contributed by atoms with van der Waals surface area (Å²) >= 11 is 0. The molecule has 1 aromatic heterocycles. The normalized spacial score (nSPS) is 16.1. The highest BCUT2D eigenvalue weighted by Gasteiger charge is 2.16. The van der Waals surface area contributed by atoms with Gasteiger partial charge in [0.1, 0.15) is 11.9 Å². The number of piperidine rings is 1.